The number of imide groups is 1. The number of thioether (sulfide) groups is 1. The van der Waals surface area contributed by atoms with Gasteiger partial charge >= 0.3 is 0 Å². The molecule has 5 nitrogen and oxygen atoms in total. The van der Waals surface area contributed by atoms with E-state index in [1.165, 1.54) is 24.3 Å². The Morgan fingerprint density at radius 1 is 1.33 bits per heavy atom. The second kappa shape index (κ2) is 5.02. The predicted molar refractivity (Wildman–Crippen MR) is 65.1 cm³/mol. The summed E-state index contributed by atoms with van der Waals surface area (Å²) in [5, 5.41) is 8.24. The average Bonchev–Trinajstić information content (AvgIpc) is 2.70. The minimum atomic E-state index is -0.387. The Kier molecular flexibility index (Phi) is 3.44. The van der Waals surface area contributed by atoms with Gasteiger partial charge in [0.05, 0.1) is 23.9 Å². The Labute approximate surface area is 107 Å². The molecule has 1 fully saturated rings. The van der Waals surface area contributed by atoms with Gasteiger partial charge in [-0.15, -0.1) is 0 Å². The van der Waals surface area contributed by atoms with Crippen molar-refractivity contribution in [2.45, 2.75) is 0 Å². The molecule has 0 saturated carbocycles. The van der Waals surface area contributed by atoms with E-state index in [2.05, 4.69) is 0 Å². The number of hydrogen-bond donors (Lipinski definition) is 0. The average molecular weight is 260 g/mol. The summed E-state index contributed by atoms with van der Waals surface area (Å²) in [5.74, 6) is -0.560. The van der Waals surface area contributed by atoms with Crippen LogP contribution >= 0.6 is 11.8 Å². The number of ketones is 1. The largest absolute Gasteiger partial charge is 0.292 e. The fourth-order valence-electron chi connectivity index (χ4n) is 1.50. The van der Waals surface area contributed by atoms with Gasteiger partial charge in [-0.25, -0.2) is 0 Å². The predicted octanol–water partition coefficient (Wildman–Crippen LogP) is 1.44. The molecule has 0 radical (unpaired) electrons. The van der Waals surface area contributed by atoms with Crippen LogP contribution in [-0.2, 0) is 4.79 Å². The molecule has 0 bridgehead atoms. The third-order valence-electron chi connectivity index (χ3n) is 2.48. The highest BCUT2D eigenvalue weighted by Gasteiger charge is 2.31. The van der Waals surface area contributed by atoms with Crippen LogP contribution in [0.25, 0.3) is 0 Å². The van der Waals surface area contributed by atoms with E-state index >= 15 is 0 Å². The van der Waals surface area contributed by atoms with Crippen LogP contribution in [0.3, 0.4) is 0 Å². The van der Waals surface area contributed by atoms with Gasteiger partial charge in [0.25, 0.3) is 5.24 Å². The lowest BCUT2D eigenvalue weighted by Gasteiger charge is -2.11. The summed E-state index contributed by atoms with van der Waals surface area (Å²) in [4.78, 5) is 35.5. The number of rotatable bonds is 3. The Morgan fingerprint density at radius 3 is 2.50 bits per heavy atom. The molecule has 0 aromatic heterocycles. The van der Waals surface area contributed by atoms with E-state index in [0.717, 1.165) is 16.7 Å². The van der Waals surface area contributed by atoms with E-state index in [1.807, 2.05) is 6.07 Å². The van der Waals surface area contributed by atoms with Gasteiger partial charge in [-0.1, -0.05) is 23.9 Å². The van der Waals surface area contributed by atoms with E-state index in [0.29, 0.717) is 11.1 Å². The molecule has 0 aliphatic carbocycles. The van der Waals surface area contributed by atoms with Gasteiger partial charge in [-0.2, -0.15) is 5.26 Å². The molecule has 1 aromatic rings. The van der Waals surface area contributed by atoms with E-state index in [4.69, 9.17) is 5.26 Å². The smallest absolute Gasteiger partial charge is 0.289 e. The summed E-state index contributed by atoms with van der Waals surface area (Å²) in [7, 11) is 0. The van der Waals surface area contributed by atoms with Crippen LogP contribution in [0.4, 0.5) is 4.79 Å². The highest BCUT2D eigenvalue weighted by molar-refractivity contribution is 8.14. The quantitative estimate of drug-likeness (QED) is 0.768. The van der Waals surface area contributed by atoms with E-state index < -0.39 is 0 Å². The van der Waals surface area contributed by atoms with Crippen LogP contribution in [0.1, 0.15) is 15.9 Å². The zero-order chi connectivity index (χ0) is 13.1. The molecule has 0 unspecified atom stereocenters. The molecule has 90 valence electrons. The number of benzene rings is 1. The first-order valence-corrected chi connectivity index (χ1v) is 6.11. The summed E-state index contributed by atoms with van der Waals surface area (Å²) < 4.78 is 0. The Bertz CT molecular complexity index is 544. The lowest BCUT2D eigenvalue weighted by molar-refractivity contribution is -0.124. The molecular weight excluding hydrogens is 252 g/mol. The number of hydrogen-bond acceptors (Lipinski definition) is 5. The molecule has 1 aliphatic heterocycles. The fraction of sp³-hybridized carbons (Fsp3) is 0.167. The topological polar surface area (TPSA) is 78.2 Å². The highest BCUT2D eigenvalue weighted by atomic mass is 32.2. The summed E-state index contributed by atoms with van der Waals surface area (Å²) in [6.45, 7) is -0.240. The number of nitrogens with zero attached hydrogens (tertiary/aromatic N) is 2. The third kappa shape index (κ3) is 2.41. The molecule has 1 aliphatic rings. The third-order valence-corrected chi connectivity index (χ3v) is 3.34. The SMILES string of the molecule is N#Cc1ccc(C(=O)CN2C(=O)CSC2=O)cc1. The second-order valence-electron chi connectivity index (χ2n) is 3.65. The molecule has 6 heteroatoms. The molecule has 0 spiro atoms. The number of Topliss-reactive ketones (excluding diaryl/α,β-unsaturated/α-hetero) is 1. The molecule has 2 amide bonds. The molecule has 0 atom stereocenters. The van der Waals surface area contributed by atoms with Gasteiger partial charge in [0, 0.05) is 5.56 Å². The number of nitriles is 1. The maximum atomic E-state index is 11.9. The maximum Gasteiger partial charge on any atom is 0.289 e. The van der Waals surface area contributed by atoms with Crippen molar-refractivity contribution in [3.8, 4) is 6.07 Å². The van der Waals surface area contributed by atoms with Crippen LogP contribution in [0.15, 0.2) is 24.3 Å². The summed E-state index contributed by atoms with van der Waals surface area (Å²) >= 11 is 0.899. The minimum Gasteiger partial charge on any atom is -0.292 e. The van der Waals surface area contributed by atoms with Crippen molar-refractivity contribution in [3.05, 3.63) is 35.4 Å². The first-order valence-electron chi connectivity index (χ1n) is 5.12. The highest BCUT2D eigenvalue weighted by Crippen LogP contribution is 2.19. The number of carbonyl (C=O) groups excluding carboxylic acids is 3. The zero-order valence-electron chi connectivity index (χ0n) is 9.25. The van der Waals surface area contributed by atoms with E-state index in [-0.39, 0.29) is 29.2 Å². The lowest BCUT2D eigenvalue weighted by atomic mass is 10.1. The normalized spacial score (nSPS) is 14.7. The van der Waals surface area contributed by atoms with E-state index in [1.54, 1.807) is 0 Å². The van der Waals surface area contributed by atoms with Gasteiger partial charge in [-0.05, 0) is 12.1 Å². The van der Waals surface area contributed by atoms with Gasteiger partial charge in [0.1, 0.15) is 0 Å². The van der Waals surface area contributed by atoms with E-state index in [9.17, 15) is 14.4 Å². The summed E-state index contributed by atoms with van der Waals surface area (Å²) in [6.07, 6.45) is 0. The molecular formula is C12H8N2O3S. The van der Waals surface area contributed by atoms with Crippen LogP contribution < -0.4 is 0 Å². The molecule has 2 rings (SSSR count). The second-order valence-corrected chi connectivity index (χ2v) is 4.57. The van der Waals surface area contributed by atoms with Crippen molar-refractivity contribution in [1.82, 2.24) is 4.90 Å². The number of amides is 2. The summed E-state index contributed by atoms with van der Waals surface area (Å²) in [5.41, 5.74) is 0.835. The minimum absolute atomic E-state index is 0.0967. The van der Waals surface area contributed by atoms with Crippen LogP contribution in [0.5, 0.6) is 0 Å². The monoisotopic (exact) mass is 260 g/mol. The van der Waals surface area contributed by atoms with Gasteiger partial charge in [0.2, 0.25) is 5.91 Å². The van der Waals surface area contributed by atoms with Crippen molar-refractivity contribution < 1.29 is 14.4 Å². The van der Waals surface area contributed by atoms with Crippen molar-refractivity contribution in [1.29, 1.82) is 5.26 Å². The first kappa shape index (κ1) is 12.3. The van der Waals surface area contributed by atoms with Crippen LogP contribution in [-0.4, -0.2) is 34.1 Å². The Balaban J connectivity index is 2.10. The first-order chi connectivity index (χ1) is 8.61. The van der Waals surface area contributed by atoms with Crippen molar-refractivity contribution >= 4 is 28.7 Å². The summed E-state index contributed by atoms with van der Waals surface area (Å²) in [6, 6.07) is 8.02. The molecule has 1 heterocycles. The van der Waals surface area contributed by atoms with Gasteiger partial charge < -0.3 is 0 Å². The Hall–Kier alpha value is -2.13. The van der Waals surface area contributed by atoms with Gasteiger partial charge in [0.15, 0.2) is 5.78 Å². The lowest BCUT2D eigenvalue weighted by Crippen LogP contribution is -2.33. The molecule has 0 N–H and O–H groups in total. The van der Waals surface area contributed by atoms with Crippen molar-refractivity contribution in [2.75, 3.05) is 12.3 Å². The molecule has 1 aromatic carbocycles. The van der Waals surface area contributed by atoms with Crippen molar-refractivity contribution in [3.63, 3.8) is 0 Å². The Morgan fingerprint density at radius 2 is 2.00 bits per heavy atom. The molecule has 1 saturated heterocycles. The van der Waals surface area contributed by atoms with Crippen molar-refractivity contribution in [2.24, 2.45) is 0 Å². The van der Waals surface area contributed by atoms with Crippen LogP contribution in [0, 0.1) is 11.3 Å². The zero-order valence-corrected chi connectivity index (χ0v) is 10.1. The maximum absolute atomic E-state index is 11.9. The van der Waals surface area contributed by atoms with Gasteiger partial charge in [-0.3, -0.25) is 19.3 Å². The molecule has 18 heavy (non-hydrogen) atoms. The fourth-order valence-corrected chi connectivity index (χ4v) is 2.22. The van der Waals surface area contributed by atoms with Crippen LogP contribution in [0.2, 0.25) is 0 Å². The standard InChI is InChI=1S/C12H8N2O3S/c13-5-8-1-3-9(4-2-8)10(15)6-14-11(16)7-18-12(14)17/h1-4H,6-7H2. The number of carbonyl (C=O) groups is 3.